The maximum atomic E-state index is 9.36. The smallest absolute Gasteiger partial charge is 0.119 e. The van der Waals surface area contributed by atoms with Crippen molar-refractivity contribution in [3.63, 3.8) is 0 Å². The zero-order valence-corrected chi connectivity index (χ0v) is 12.5. The van der Waals surface area contributed by atoms with Crippen LogP contribution in [0.1, 0.15) is 26.7 Å². The molecule has 0 fully saturated rings. The highest BCUT2D eigenvalue weighted by Gasteiger charge is 2.12. The molecule has 0 atom stereocenters. The predicted octanol–water partition coefficient (Wildman–Crippen LogP) is 3.82. The number of aliphatic hydroxyl groups is 1. The molecule has 1 aromatic heterocycles. The molecule has 3 heteroatoms. The molecule has 0 unspecified atom stereocenters. The van der Waals surface area contributed by atoms with Crippen LogP contribution >= 0.6 is 11.3 Å². The lowest BCUT2D eigenvalue weighted by Crippen LogP contribution is -1.95. The van der Waals surface area contributed by atoms with E-state index in [0.717, 1.165) is 23.5 Å². The molecule has 21 heavy (non-hydrogen) atoms. The van der Waals surface area contributed by atoms with Crippen molar-refractivity contribution in [2.45, 2.75) is 19.4 Å². The van der Waals surface area contributed by atoms with Gasteiger partial charge < -0.3 is 5.11 Å². The lowest BCUT2D eigenvalue weighted by molar-refractivity contribution is 0.281. The number of hydrogen-bond donors (Lipinski definition) is 1. The molecule has 0 amide bonds. The monoisotopic (exact) mass is 295 g/mol. The third kappa shape index (κ3) is 3.57. The quantitative estimate of drug-likeness (QED) is 0.776. The Kier molecular flexibility index (Phi) is 4.43. The number of benzene rings is 2. The van der Waals surface area contributed by atoms with E-state index in [-0.39, 0.29) is 6.61 Å². The lowest BCUT2D eigenvalue weighted by atomic mass is 10.1. The van der Waals surface area contributed by atoms with Gasteiger partial charge in [-0.1, -0.05) is 60.7 Å². The third-order valence-corrected chi connectivity index (χ3v) is 4.46. The summed E-state index contributed by atoms with van der Waals surface area (Å²) in [6.45, 7) is 0.0151. The predicted molar refractivity (Wildman–Crippen MR) is 86.5 cm³/mol. The van der Waals surface area contributed by atoms with E-state index in [0.29, 0.717) is 0 Å². The summed E-state index contributed by atoms with van der Waals surface area (Å²) in [4.78, 5) is 5.83. The molecule has 3 rings (SSSR count). The maximum Gasteiger partial charge on any atom is 0.119 e. The second-order valence-electron chi connectivity index (χ2n) is 4.96. The minimum atomic E-state index is 0.0151. The molecular formula is C18H17NOS. The van der Waals surface area contributed by atoms with Gasteiger partial charge in [0.1, 0.15) is 5.01 Å². The summed E-state index contributed by atoms with van der Waals surface area (Å²) in [6.07, 6.45) is 1.69. The molecule has 3 aromatic rings. The first kappa shape index (κ1) is 14.0. The van der Waals surface area contributed by atoms with Crippen molar-refractivity contribution in [3.8, 4) is 0 Å². The average Bonchev–Trinajstić information content (AvgIpc) is 2.91. The van der Waals surface area contributed by atoms with Crippen molar-refractivity contribution >= 4 is 11.3 Å². The standard InChI is InChI=1S/C18H17NOS/c20-13-18-19-16(11-14-7-3-1-4-8-14)17(21-18)12-15-9-5-2-6-10-15/h1-10,20H,11-13H2. The van der Waals surface area contributed by atoms with Gasteiger partial charge in [0.15, 0.2) is 0 Å². The molecule has 0 aliphatic heterocycles. The van der Waals surface area contributed by atoms with Crippen molar-refractivity contribution in [1.82, 2.24) is 4.98 Å². The molecule has 0 bridgehead atoms. The molecule has 0 radical (unpaired) electrons. The van der Waals surface area contributed by atoms with Gasteiger partial charge in [-0.15, -0.1) is 11.3 Å². The first-order valence-corrected chi connectivity index (χ1v) is 7.83. The Balaban J connectivity index is 1.87. The number of aliphatic hydroxyl groups excluding tert-OH is 1. The normalized spacial score (nSPS) is 10.7. The summed E-state index contributed by atoms with van der Waals surface area (Å²) >= 11 is 1.61. The van der Waals surface area contributed by atoms with E-state index >= 15 is 0 Å². The Morgan fingerprint density at radius 2 is 1.38 bits per heavy atom. The minimum Gasteiger partial charge on any atom is -0.389 e. The SMILES string of the molecule is OCc1nc(Cc2ccccc2)c(Cc2ccccc2)s1. The first-order chi connectivity index (χ1) is 10.3. The van der Waals surface area contributed by atoms with Gasteiger partial charge in [-0.05, 0) is 11.1 Å². The van der Waals surface area contributed by atoms with Gasteiger partial charge in [-0.3, -0.25) is 0 Å². The van der Waals surface area contributed by atoms with Gasteiger partial charge >= 0.3 is 0 Å². The lowest BCUT2D eigenvalue weighted by Gasteiger charge is -2.03. The van der Waals surface area contributed by atoms with E-state index in [1.54, 1.807) is 11.3 Å². The fourth-order valence-electron chi connectivity index (χ4n) is 2.35. The van der Waals surface area contributed by atoms with E-state index in [9.17, 15) is 5.11 Å². The Hall–Kier alpha value is -1.97. The molecule has 106 valence electrons. The van der Waals surface area contributed by atoms with Gasteiger partial charge in [0.2, 0.25) is 0 Å². The van der Waals surface area contributed by atoms with E-state index in [2.05, 4.69) is 41.4 Å². The fraction of sp³-hybridized carbons (Fsp3) is 0.167. The van der Waals surface area contributed by atoms with Crippen LogP contribution < -0.4 is 0 Å². The van der Waals surface area contributed by atoms with Crippen LogP contribution in [0, 0.1) is 0 Å². The van der Waals surface area contributed by atoms with Gasteiger partial charge in [-0.25, -0.2) is 4.98 Å². The van der Waals surface area contributed by atoms with Crippen LogP contribution in [-0.4, -0.2) is 10.1 Å². The van der Waals surface area contributed by atoms with Crippen molar-refractivity contribution in [2.75, 3.05) is 0 Å². The maximum absolute atomic E-state index is 9.36. The van der Waals surface area contributed by atoms with Crippen molar-refractivity contribution in [1.29, 1.82) is 0 Å². The van der Waals surface area contributed by atoms with Crippen molar-refractivity contribution in [3.05, 3.63) is 87.4 Å². The zero-order valence-electron chi connectivity index (χ0n) is 11.7. The Labute approximate surface area is 128 Å². The zero-order chi connectivity index (χ0) is 14.5. The molecule has 1 N–H and O–H groups in total. The van der Waals surface area contributed by atoms with E-state index < -0.39 is 0 Å². The second kappa shape index (κ2) is 6.66. The highest BCUT2D eigenvalue weighted by molar-refractivity contribution is 7.11. The number of nitrogens with zero attached hydrogens (tertiary/aromatic N) is 1. The summed E-state index contributed by atoms with van der Waals surface area (Å²) in [7, 11) is 0. The molecule has 2 aromatic carbocycles. The Morgan fingerprint density at radius 3 is 1.95 bits per heavy atom. The summed E-state index contributed by atoms with van der Waals surface area (Å²) < 4.78 is 0. The van der Waals surface area contributed by atoms with Crippen LogP contribution in [0.15, 0.2) is 60.7 Å². The van der Waals surface area contributed by atoms with Gasteiger partial charge in [0.25, 0.3) is 0 Å². The van der Waals surface area contributed by atoms with Crippen molar-refractivity contribution < 1.29 is 5.11 Å². The fourth-order valence-corrected chi connectivity index (χ4v) is 3.33. The van der Waals surface area contributed by atoms with Crippen LogP contribution in [0.5, 0.6) is 0 Å². The molecule has 0 saturated carbocycles. The molecule has 2 nitrogen and oxygen atoms in total. The van der Waals surface area contributed by atoms with Gasteiger partial charge in [-0.2, -0.15) is 0 Å². The number of aromatic nitrogens is 1. The van der Waals surface area contributed by atoms with Crippen LogP contribution in [0.3, 0.4) is 0 Å². The van der Waals surface area contributed by atoms with E-state index in [4.69, 9.17) is 0 Å². The summed E-state index contributed by atoms with van der Waals surface area (Å²) in [5.74, 6) is 0. The van der Waals surface area contributed by atoms with Crippen LogP contribution in [0.25, 0.3) is 0 Å². The van der Waals surface area contributed by atoms with E-state index in [1.165, 1.54) is 16.0 Å². The molecule has 0 saturated heterocycles. The summed E-state index contributed by atoms with van der Waals surface area (Å²) in [6, 6.07) is 20.7. The molecular weight excluding hydrogens is 278 g/mol. The molecule has 0 aliphatic rings. The summed E-state index contributed by atoms with van der Waals surface area (Å²) in [5, 5.41) is 10.2. The van der Waals surface area contributed by atoms with E-state index in [1.807, 2.05) is 24.3 Å². The highest BCUT2D eigenvalue weighted by Crippen LogP contribution is 2.24. The topological polar surface area (TPSA) is 33.1 Å². The minimum absolute atomic E-state index is 0.0151. The number of hydrogen-bond acceptors (Lipinski definition) is 3. The van der Waals surface area contributed by atoms with Crippen LogP contribution in [0.2, 0.25) is 0 Å². The van der Waals surface area contributed by atoms with Gasteiger partial charge in [0, 0.05) is 17.7 Å². The largest absolute Gasteiger partial charge is 0.389 e. The first-order valence-electron chi connectivity index (χ1n) is 7.01. The number of thiazole rings is 1. The average molecular weight is 295 g/mol. The van der Waals surface area contributed by atoms with Gasteiger partial charge in [0.05, 0.1) is 12.3 Å². The Bertz CT molecular complexity index is 633. The van der Waals surface area contributed by atoms with Crippen molar-refractivity contribution in [2.24, 2.45) is 0 Å². The second-order valence-corrected chi connectivity index (χ2v) is 6.13. The molecule has 0 spiro atoms. The molecule has 1 heterocycles. The molecule has 0 aliphatic carbocycles. The highest BCUT2D eigenvalue weighted by atomic mass is 32.1. The Morgan fingerprint density at radius 1 is 0.810 bits per heavy atom. The third-order valence-electron chi connectivity index (χ3n) is 3.38. The number of rotatable bonds is 5. The summed E-state index contributed by atoms with van der Waals surface area (Å²) in [5.41, 5.74) is 3.61. The van der Waals surface area contributed by atoms with Crippen LogP contribution in [-0.2, 0) is 19.4 Å². The van der Waals surface area contributed by atoms with Crippen LogP contribution in [0.4, 0.5) is 0 Å².